The molecule has 6 nitrogen and oxygen atoms in total. The Hall–Kier alpha value is -2.41. The number of ether oxygens (including phenoxy) is 2. The smallest absolute Gasteiger partial charge is 0.305 e. The van der Waals surface area contributed by atoms with E-state index in [1.54, 1.807) is 19.4 Å². The highest BCUT2D eigenvalue weighted by atomic mass is 32.1. The molecule has 0 aliphatic heterocycles. The van der Waals surface area contributed by atoms with Crippen molar-refractivity contribution < 1.29 is 19.1 Å². The highest BCUT2D eigenvalue weighted by Crippen LogP contribution is 2.25. The van der Waals surface area contributed by atoms with Gasteiger partial charge in [0.15, 0.2) is 0 Å². The number of carbonyl (C=O) groups is 2. The van der Waals surface area contributed by atoms with E-state index in [4.69, 9.17) is 9.47 Å². The van der Waals surface area contributed by atoms with Crippen LogP contribution in [0.2, 0.25) is 0 Å². The number of carbonyl (C=O) groups excluding carboxylic acids is 2. The number of hydrogen-bond donors (Lipinski definition) is 1. The van der Waals surface area contributed by atoms with Gasteiger partial charge >= 0.3 is 5.97 Å². The second-order valence-corrected chi connectivity index (χ2v) is 5.79. The average molecular weight is 348 g/mol. The number of nitrogens with zero attached hydrogens (tertiary/aromatic N) is 1. The highest BCUT2D eigenvalue weighted by Gasteiger charge is 2.12. The van der Waals surface area contributed by atoms with E-state index in [0.29, 0.717) is 31.7 Å². The summed E-state index contributed by atoms with van der Waals surface area (Å²) in [5, 5.41) is 5.25. The van der Waals surface area contributed by atoms with E-state index in [1.165, 1.54) is 11.3 Å². The highest BCUT2D eigenvalue weighted by molar-refractivity contribution is 7.13. The molecular weight excluding hydrogens is 328 g/mol. The van der Waals surface area contributed by atoms with E-state index >= 15 is 0 Å². The van der Waals surface area contributed by atoms with E-state index in [0.717, 1.165) is 16.3 Å². The molecule has 7 heteroatoms. The van der Waals surface area contributed by atoms with Gasteiger partial charge in [-0.3, -0.25) is 9.59 Å². The first kappa shape index (κ1) is 17.9. The lowest BCUT2D eigenvalue weighted by atomic mass is 10.2. The summed E-state index contributed by atoms with van der Waals surface area (Å²) in [5.41, 5.74) is 1.31. The molecule has 0 saturated carbocycles. The van der Waals surface area contributed by atoms with Gasteiger partial charge in [-0.2, -0.15) is 0 Å². The van der Waals surface area contributed by atoms with Gasteiger partial charge in [0.25, 0.3) is 5.91 Å². The van der Waals surface area contributed by atoms with Crippen molar-refractivity contribution in [2.75, 3.05) is 20.3 Å². The molecule has 2 rings (SSSR count). The minimum Gasteiger partial charge on any atom is -0.497 e. The zero-order chi connectivity index (χ0) is 17.4. The molecule has 1 aromatic carbocycles. The van der Waals surface area contributed by atoms with Crippen molar-refractivity contribution in [1.82, 2.24) is 10.3 Å². The molecule has 0 fully saturated rings. The fourth-order valence-corrected chi connectivity index (χ4v) is 2.81. The summed E-state index contributed by atoms with van der Waals surface area (Å²) in [6, 6.07) is 7.51. The van der Waals surface area contributed by atoms with Crippen LogP contribution in [0.25, 0.3) is 10.6 Å². The number of methoxy groups -OCH3 is 1. The molecule has 1 N–H and O–H groups in total. The third kappa shape index (κ3) is 5.06. The molecule has 0 atom stereocenters. The lowest BCUT2D eigenvalue weighted by Crippen LogP contribution is -2.25. The van der Waals surface area contributed by atoms with E-state index < -0.39 is 0 Å². The van der Waals surface area contributed by atoms with E-state index in [1.807, 2.05) is 24.3 Å². The zero-order valence-corrected chi connectivity index (χ0v) is 14.5. The largest absolute Gasteiger partial charge is 0.497 e. The van der Waals surface area contributed by atoms with Gasteiger partial charge in [0.2, 0.25) is 0 Å². The second-order valence-electron chi connectivity index (χ2n) is 4.93. The quantitative estimate of drug-likeness (QED) is 0.586. The molecule has 1 amide bonds. The maximum atomic E-state index is 12.1. The van der Waals surface area contributed by atoms with Gasteiger partial charge in [-0.25, -0.2) is 4.98 Å². The van der Waals surface area contributed by atoms with Crippen LogP contribution in [0, 0.1) is 0 Å². The van der Waals surface area contributed by atoms with Crippen LogP contribution in [0.5, 0.6) is 5.75 Å². The Morgan fingerprint density at radius 3 is 2.67 bits per heavy atom. The molecule has 0 aliphatic rings. The first-order valence-electron chi connectivity index (χ1n) is 7.67. The molecule has 0 aliphatic carbocycles. The molecular formula is C17H20N2O4S. The summed E-state index contributed by atoms with van der Waals surface area (Å²) in [6.45, 7) is 2.55. The lowest BCUT2D eigenvalue weighted by Gasteiger charge is -2.03. The third-order valence-corrected chi connectivity index (χ3v) is 4.11. The van der Waals surface area contributed by atoms with Gasteiger partial charge in [0.1, 0.15) is 16.5 Å². The fourth-order valence-electron chi connectivity index (χ4n) is 2.00. The van der Waals surface area contributed by atoms with Crippen LogP contribution in [0.1, 0.15) is 30.3 Å². The summed E-state index contributed by atoms with van der Waals surface area (Å²) in [5.74, 6) is 0.284. The van der Waals surface area contributed by atoms with E-state index in [2.05, 4.69) is 10.3 Å². The third-order valence-electron chi connectivity index (χ3n) is 3.22. The summed E-state index contributed by atoms with van der Waals surface area (Å²) < 4.78 is 9.95. The van der Waals surface area contributed by atoms with Gasteiger partial charge in [-0.05, 0) is 37.6 Å². The molecule has 0 bridgehead atoms. The number of benzene rings is 1. The monoisotopic (exact) mass is 348 g/mol. The predicted octanol–water partition coefficient (Wildman–Crippen LogP) is 2.89. The molecule has 0 spiro atoms. The molecule has 1 aromatic heterocycles. The number of esters is 1. The molecule has 1 heterocycles. The van der Waals surface area contributed by atoms with Gasteiger partial charge in [-0.1, -0.05) is 0 Å². The predicted molar refractivity (Wildman–Crippen MR) is 92.3 cm³/mol. The average Bonchev–Trinajstić information content (AvgIpc) is 3.09. The minimum atomic E-state index is -0.248. The minimum absolute atomic E-state index is 0.241. The number of thiazole rings is 1. The van der Waals surface area contributed by atoms with Crippen molar-refractivity contribution in [2.24, 2.45) is 0 Å². The van der Waals surface area contributed by atoms with Crippen molar-refractivity contribution >= 4 is 23.2 Å². The maximum absolute atomic E-state index is 12.1. The van der Waals surface area contributed by atoms with Gasteiger partial charge < -0.3 is 14.8 Å². The van der Waals surface area contributed by atoms with Crippen molar-refractivity contribution in [2.45, 2.75) is 19.8 Å². The van der Waals surface area contributed by atoms with E-state index in [-0.39, 0.29) is 11.9 Å². The van der Waals surface area contributed by atoms with Gasteiger partial charge in [-0.15, -0.1) is 11.3 Å². The van der Waals surface area contributed by atoms with Crippen molar-refractivity contribution in [1.29, 1.82) is 0 Å². The van der Waals surface area contributed by atoms with Crippen molar-refractivity contribution in [3.63, 3.8) is 0 Å². The maximum Gasteiger partial charge on any atom is 0.305 e. The SMILES string of the molecule is CCOC(=O)CCCNC(=O)c1csc(-c2ccc(OC)cc2)n1. The van der Waals surface area contributed by atoms with Crippen LogP contribution in [-0.4, -0.2) is 37.1 Å². The summed E-state index contributed by atoms with van der Waals surface area (Å²) >= 11 is 1.41. The summed E-state index contributed by atoms with van der Waals surface area (Å²) in [7, 11) is 1.61. The Bertz CT molecular complexity index is 682. The number of aromatic nitrogens is 1. The normalized spacial score (nSPS) is 10.2. The molecule has 0 unspecified atom stereocenters. The van der Waals surface area contributed by atoms with Crippen LogP contribution < -0.4 is 10.1 Å². The molecule has 128 valence electrons. The Morgan fingerprint density at radius 2 is 2.00 bits per heavy atom. The number of rotatable bonds is 8. The Labute approximate surface area is 144 Å². The van der Waals surface area contributed by atoms with Gasteiger partial charge in [0, 0.05) is 23.9 Å². The fraction of sp³-hybridized carbons (Fsp3) is 0.353. The van der Waals surface area contributed by atoms with Crippen LogP contribution in [0.3, 0.4) is 0 Å². The summed E-state index contributed by atoms with van der Waals surface area (Å²) in [4.78, 5) is 27.6. The first-order chi connectivity index (χ1) is 11.6. The second kappa shape index (κ2) is 9.02. The Balaban J connectivity index is 1.85. The molecule has 24 heavy (non-hydrogen) atoms. The summed E-state index contributed by atoms with van der Waals surface area (Å²) in [6.07, 6.45) is 0.836. The number of amides is 1. The number of hydrogen-bond acceptors (Lipinski definition) is 6. The lowest BCUT2D eigenvalue weighted by molar-refractivity contribution is -0.143. The van der Waals surface area contributed by atoms with Gasteiger partial charge in [0.05, 0.1) is 13.7 Å². The Morgan fingerprint density at radius 1 is 1.25 bits per heavy atom. The van der Waals surface area contributed by atoms with Crippen LogP contribution in [0.15, 0.2) is 29.6 Å². The topological polar surface area (TPSA) is 77.5 Å². The molecule has 0 saturated heterocycles. The van der Waals surface area contributed by atoms with Crippen LogP contribution in [0.4, 0.5) is 0 Å². The first-order valence-corrected chi connectivity index (χ1v) is 8.55. The van der Waals surface area contributed by atoms with Crippen molar-refractivity contribution in [3.8, 4) is 16.3 Å². The molecule has 0 radical (unpaired) electrons. The standard InChI is InChI=1S/C17H20N2O4S/c1-3-23-15(20)5-4-10-18-16(21)14-11-24-17(19-14)12-6-8-13(22-2)9-7-12/h6-9,11H,3-5,10H2,1-2H3,(H,18,21). The van der Waals surface area contributed by atoms with Crippen LogP contribution in [-0.2, 0) is 9.53 Å². The molecule has 2 aromatic rings. The Kier molecular flexibility index (Phi) is 6.74. The van der Waals surface area contributed by atoms with Crippen LogP contribution >= 0.6 is 11.3 Å². The van der Waals surface area contributed by atoms with Crippen molar-refractivity contribution in [3.05, 3.63) is 35.3 Å². The number of nitrogens with one attached hydrogen (secondary N) is 1. The zero-order valence-electron chi connectivity index (χ0n) is 13.7. The van der Waals surface area contributed by atoms with E-state index in [9.17, 15) is 9.59 Å².